The molecule has 0 radical (unpaired) electrons. The van der Waals surface area contributed by atoms with Gasteiger partial charge in [-0.1, -0.05) is 12.2 Å². The van der Waals surface area contributed by atoms with Crippen molar-refractivity contribution in [2.75, 3.05) is 0 Å². The molecule has 0 bridgehead atoms. The number of halogens is 2. The lowest BCUT2D eigenvalue weighted by Crippen LogP contribution is -1.97. The highest BCUT2D eigenvalue weighted by Crippen LogP contribution is 2.39. The van der Waals surface area contributed by atoms with E-state index < -0.39 is 0 Å². The molecule has 0 saturated heterocycles. The van der Waals surface area contributed by atoms with Crippen molar-refractivity contribution in [2.24, 2.45) is 0 Å². The first-order valence-corrected chi connectivity index (χ1v) is 7.55. The number of H-pyrrole nitrogens is 1. The highest BCUT2D eigenvalue weighted by Gasteiger charge is 2.25. The van der Waals surface area contributed by atoms with E-state index in [0.29, 0.717) is 10.6 Å². The minimum Gasteiger partial charge on any atom is -0.342 e. The van der Waals surface area contributed by atoms with Crippen molar-refractivity contribution in [2.45, 2.75) is 18.8 Å². The van der Waals surface area contributed by atoms with Gasteiger partial charge in [0, 0.05) is 20.8 Å². The SMILES string of the molecule is S=c1cc(C2CC2)[nH]c(-c2ncc(Br)cc2Br)n1. The predicted molar refractivity (Wildman–Crippen MR) is 80.0 cm³/mol. The topological polar surface area (TPSA) is 41.6 Å². The number of hydrogen-bond donors (Lipinski definition) is 1. The van der Waals surface area contributed by atoms with Crippen LogP contribution in [0.1, 0.15) is 24.5 Å². The van der Waals surface area contributed by atoms with Crippen molar-refractivity contribution in [1.29, 1.82) is 0 Å². The molecule has 0 amide bonds. The molecule has 1 saturated carbocycles. The molecule has 2 heterocycles. The molecule has 0 atom stereocenters. The van der Waals surface area contributed by atoms with E-state index in [1.807, 2.05) is 12.1 Å². The second-order valence-corrected chi connectivity index (χ2v) is 6.47. The number of hydrogen-bond acceptors (Lipinski definition) is 3. The second-order valence-electron chi connectivity index (χ2n) is 4.28. The lowest BCUT2D eigenvalue weighted by molar-refractivity contribution is 0.980. The summed E-state index contributed by atoms with van der Waals surface area (Å²) < 4.78 is 2.43. The first-order chi connectivity index (χ1) is 8.63. The maximum absolute atomic E-state index is 5.22. The van der Waals surface area contributed by atoms with Gasteiger partial charge in [-0.3, -0.25) is 4.98 Å². The summed E-state index contributed by atoms with van der Waals surface area (Å²) in [7, 11) is 0. The Labute approximate surface area is 126 Å². The zero-order valence-electron chi connectivity index (χ0n) is 9.28. The highest BCUT2D eigenvalue weighted by atomic mass is 79.9. The highest BCUT2D eigenvalue weighted by molar-refractivity contribution is 9.11. The molecule has 2 aromatic rings. The van der Waals surface area contributed by atoms with Gasteiger partial charge in [0.25, 0.3) is 0 Å². The molecule has 0 unspecified atom stereocenters. The molecule has 1 aliphatic rings. The van der Waals surface area contributed by atoms with Gasteiger partial charge in [-0.2, -0.15) is 0 Å². The van der Waals surface area contributed by atoms with Crippen LogP contribution in [0.3, 0.4) is 0 Å². The van der Waals surface area contributed by atoms with E-state index in [4.69, 9.17) is 12.2 Å². The van der Waals surface area contributed by atoms with Crippen LogP contribution in [-0.2, 0) is 0 Å². The molecule has 0 spiro atoms. The first-order valence-electron chi connectivity index (χ1n) is 5.56. The fraction of sp³-hybridized carbons (Fsp3) is 0.250. The van der Waals surface area contributed by atoms with Crippen molar-refractivity contribution >= 4 is 44.1 Å². The smallest absolute Gasteiger partial charge is 0.158 e. The summed E-state index contributed by atoms with van der Waals surface area (Å²) in [4.78, 5) is 12.1. The Balaban J connectivity index is 2.13. The summed E-state index contributed by atoms with van der Waals surface area (Å²) in [6, 6.07) is 3.90. The van der Waals surface area contributed by atoms with Crippen molar-refractivity contribution < 1.29 is 0 Å². The monoisotopic (exact) mass is 385 g/mol. The van der Waals surface area contributed by atoms with Gasteiger partial charge in [-0.05, 0) is 62.8 Å². The Hall–Kier alpha value is -0.590. The zero-order chi connectivity index (χ0) is 12.7. The van der Waals surface area contributed by atoms with E-state index in [1.165, 1.54) is 18.5 Å². The third kappa shape index (κ3) is 2.55. The number of aromatic nitrogens is 3. The van der Waals surface area contributed by atoms with Crippen LogP contribution in [0.5, 0.6) is 0 Å². The third-order valence-corrected chi connectivity index (χ3v) is 4.06. The zero-order valence-corrected chi connectivity index (χ0v) is 13.3. The summed E-state index contributed by atoms with van der Waals surface area (Å²) in [5.41, 5.74) is 1.95. The maximum Gasteiger partial charge on any atom is 0.158 e. The van der Waals surface area contributed by atoms with Crippen LogP contribution in [0.25, 0.3) is 11.5 Å². The first kappa shape index (κ1) is 12.4. The van der Waals surface area contributed by atoms with Gasteiger partial charge in [-0.25, -0.2) is 4.98 Å². The molecule has 2 aromatic heterocycles. The fourth-order valence-corrected chi connectivity index (χ4v) is 3.18. The van der Waals surface area contributed by atoms with Crippen LogP contribution in [0.4, 0.5) is 0 Å². The Morgan fingerprint density at radius 2 is 2.06 bits per heavy atom. The van der Waals surface area contributed by atoms with E-state index >= 15 is 0 Å². The molecular formula is C12H9Br2N3S. The average molecular weight is 387 g/mol. The van der Waals surface area contributed by atoms with Gasteiger partial charge >= 0.3 is 0 Å². The summed E-state index contributed by atoms with van der Waals surface area (Å²) in [6.07, 6.45) is 4.20. The van der Waals surface area contributed by atoms with Gasteiger partial charge in [-0.15, -0.1) is 0 Å². The Morgan fingerprint density at radius 3 is 2.72 bits per heavy atom. The van der Waals surface area contributed by atoms with E-state index in [2.05, 4.69) is 46.8 Å². The molecular weight excluding hydrogens is 378 g/mol. The summed E-state index contributed by atoms with van der Waals surface area (Å²) in [6.45, 7) is 0. The molecule has 1 aliphatic carbocycles. The molecule has 1 fully saturated rings. The van der Waals surface area contributed by atoms with E-state index in [0.717, 1.165) is 20.5 Å². The maximum atomic E-state index is 5.22. The second kappa shape index (κ2) is 4.83. The van der Waals surface area contributed by atoms with Gasteiger partial charge in [0.15, 0.2) is 5.82 Å². The molecule has 3 nitrogen and oxygen atoms in total. The van der Waals surface area contributed by atoms with Crippen LogP contribution in [-0.4, -0.2) is 15.0 Å². The summed E-state index contributed by atoms with van der Waals surface area (Å²) in [5, 5.41) is 0. The molecule has 0 aromatic carbocycles. The normalized spacial score (nSPS) is 14.8. The summed E-state index contributed by atoms with van der Waals surface area (Å²) in [5.74, 6) is 1.34. The average Bonchev–Trinajstić information content (AvgIpc) is 3.11. The molecule has 92 valence electrons. The molecule has 1 N–H and O–H groups in total. The standard InChI is InChI=1S/C12H9Br2N3S/c13-7-3-8(14)11(15-5-7)12-16-9(6-1-2-6)4-10(18)17-12/h3-6H,1-2H2,(H,16,17,18). The van der Waals surface area contributed by atoms with Gasteiger partial charge in [0.2, 0.25) is 0 Å². The molecule has 3 rings (SSSR count). The van der Waals surface area contributed by atoms with Crippen molar-refractivity contribution in [3.63, 3.8) is 0 Å². The van der Waals surface area contributed by atoms with Crippen LogP contribution < -0.4 is 0 Å². The van der Waals surface area contributed by atoms with Crippen molar-refractivity contribution in [1.82, 2.24) is 15.0 Å². The van der Waals surface area contributed by atoms with Crippen molar-refractivity contribution in [3.8, 4) is 11.5 Å². The minimum atomic E-state index is 0.613. The lowest BCUT2D eigenvalue weighted by atomic mass is 10.2. The van der Waals surface area contributed by atoms with Crippen LogP contribution in [0.2, 0.25) is 0 Å². The van der Waals surface area contributed by atoms with Crippen LogP contribution >= 0.6 is 44.1 Å². The number of pyridine rings is 1. The van der Waals surface area contributed by atoms with Crippen molar-refractivity contribution in [3.05, 3.63) is 37.6 Å². The summed E-state index contributed by atoms with van der Waals surface area (Å²) >= 11 is 12.1. The van der Waals surface area contributed by atoms with Gasteiger partial charge in [0.05, 0.1) is 0 Å². The largest absolute Gasteiger partial charge is 0.342 e. The quantitative estimate of drug-likeness (QED) is 0.766. The van der Waals surface area contributed by atoms with E-state index in [9.17, 15) is 0 Å². The van der Waals surface area contributed by atoms with Gasteiger partial charge in [0.1, 0.15) is 10.3 Å². The number of rotatable bonds is 2. The van der Waals surface area contributed by atoms with E-state index in [-0.39, 0.29) is 0 Å². The molecule has 0 aliphatic heterocycles. The number of aromatic amines is 1. The Kier molecular flexibility index (Phi) is 3.34. The predicted octanol–water partition coefficient (Wildman–Crippen LogP) is 4.60. The Bertz CT molecular complexity index is 665. The van der Waals surface area contributed by atoms with E-state index in [1.54, 1.807) is 6.20 Å². The minimum absolute atomic E-state index is 0.613. The Morgan fingerprint density at radius 1 is 1.28 bits per heavy atom. The van der Waals surface area contributed by atoms with Gasteiger partial charge < -0.3 is 4.98 Å². The molecule has 6 heteroatoms. The number of nitrogens with one attached hydrogen (secondary N) is 1. The number of nitrogens with zero attached hydrogens (tertiary/aromatic N) is 2. The van der Waals surface area contributed by atoms with Crippen LogP contribution in [0, 0.1) is 4.64 Å². The lowest BCUT2D eigenvalue weighted by Gasteiger charge is -2.06. The molecule has 18 heavy (non-hydrogen) atoms. The fourth-order valence-electron chi connectivity index (χ4n) is 1.79. The third-order valence-electron chi connectivity index (χ3n) is 2.81. The van der Waals surface area contributed by atoms with Crippen LogP contribution in [0.15, 0.2) is 27.3 Å².